The van der Waals surface area contributed by atoms with Gasteiger partial charge in [0.25, 0.3) is 0 Å². The molecule has 0 radical (unpaired) electrons. The van der Waals surface area contributed by atoms with Crippen LogP contribution in [0.1, 0.15) is 16.7 Å². The molecule has 5 nitrogen and oxygen atoms in total. The predicted octanol–water partition coefficient (Wildman–Crippen LogP) is 4.32. The molecular formula is C18H20Cl2N2O3S. The molecule has 140 valence electrons. The van der Waals surface area contributed by atoms with Gasteiger partial charge in [-0.3, -0.25) is 9.10 Å². The lowest BCUT2D eigenvalue weighted by Crippen LogP contribution is -2.38. The third kappa shape index (κ3) is 4.90. The predicted molar refractivity (Wildman–Crippen MR) is 108 cm³/mol. The molecule has 0 saturated carbocycles. The Kier molecular flexibility index (Phi) is 6.21. The van der Waals surface area contributed by atoms with Gasteiger partial charge in [0.05, 0.1) is 22.0 Å². The highest BCUT2D eigenvalue weighted by atomic mass is 35.5. The first-order valence-electron chi connectivity index (χ1n) is 7.79. The van der Waals surface area contributed by atoms with Gasteiger partial charge < -0.3 is 5.32 Å². The number of halogens is 2. The topological polar surface area (TPSA) is 66.5 Å². The smallest absolute Gasteiger partial charge is 0.245 e. The first-order valence-corrected chi connectivity index (χ1v) is 10.4. The van der Waals surface area contributed by atoms with Crippen LogP contribution in [-0.4, -0.2) is 27.1 Å². The second kappa shape index (κ2) is 7.86. The fraction of sp³-hybridized carbons (Fsp3) is 0.278. The van der Waals surface area contributed by atoms with E-state index in [-0.39, 0.29) is 6.54 Å². The SMILES string of the molecule is Cc1cc(C)c(N(CC(=O)Nc2ccc(Cl)c(Cl)c2)S(C)(=O)=O)c(C)c1. The van der Waals surface area contributed by atoms with Gasteiger partial charge in [-0.2, -0.15) is 0 Å². The van der Waals surface area contributed by atoms with Gasteiger partial charge in [-0.05, 0) is 50.1 Å². The fourth-order valence-electron chi connectivity index (χ4n) is 2.83. The van der Waals surface area contributed by atoms with E-state index in [2.05, 4.69) is 5.32 Å². The Hall–Kier alpha value is -1.76. The number of rotatable bonds is 5. The summed E-state index contributed by atoms with van der Waals surface area (Å²) in [5.74, 6) is -0.479. The van der Waals surface area contributed by atoms with Gasteiger partial charge in [-0.1, -0.05) is 40.9 Å². The monoisotopic (exact) mass is 414 g/mol. The van der Waals surface area contributed by atoms with E-state index < -0.39 is 15.9 Å². The van der Waals surface area contributed by atoms with Gasteiger partial charge in [0.2, 0.25) is 15.9 Å². The van der Waals surface area contributed by atoms with Gasteiger partial charge in [0, 0.05) is 5.69 Å². The van der Waals surface area contributed by atoms with Crippen molar-refractivity contribution < 1.29 is 13.2 Å². The van der Waals surface area contributed by atoms with E-state index >= 15 is 0 Å². The zero-order valence-electron chi connectivity index (χ0n) is 14.9. The van der Waals surface area contributed by atoms with Crippen molar-refractivity contribution >= 4 is 50.5 Å². The summed E-state index contributed by atoms with van der Waals surface area (Å²) in [6.07, 6.45) is 1.08. The number of hydrogen-bond donors (Lipinski definition) is 1. The van der Waals surface area contributed by atoms with Gasteiger partial charge in [-0.25, -0.2) is 8.42 Å². The highest BCUT2D eigenvalue weighted by Crippen LogP contribution is 2.29. The number of aryl methyl sites for hydroxylation is 3. The molecule has 0 atom stereocenters. The van der Waals surface area contributed by atoms with Gasteiger partial charge >= 0.3 is 0 Å². The third-order valence-corrected chi connectivity index (χ3v) is 5.63. The molecule has 1 N–H and O–H groups in total. The number of nitrogens with zero attached hydrogens (tertiary/aromatic N) is 1. The molecule has 0 aromatic heterocycles. The summed E-state index contributed by atoms with van der Waals surface area (Å²) in [5.41, 5.74) is 3.56. The van der Waals surface area contributed by atoms with E-state index in [1.807, 2.05) is 32.9 Å². The number of sulfonamides is 1. The molecule has 2 rings (SSSR count). The van der Waals surface area contributed by atoms with E-state index in [0.717, 1.165) is 27.3 Å². The van der Waals surface area contributed by atoms with Crippen molar-refractivity contribution in [2.75, 3.05) is 22.4 Å². The Morgan fingerprint density at radius 2 is 1.62 bits per heavy atom. The van der Waals surface area contributed by atoms with Crippen molar-refractivity contribution in [3.63, 3.8) is 0 Å². The average Bonchev–Trinajstić information content (AvgIpc) is 2.48. The Labute approximate surface area is 164 Å². The highest BCUT2D eigenvalue weighted by Gasteiger charge is 2.24. The minimum Gasteiger partial charge on any atom is -0.324 e. The van der Waals surface area contributed by atoms with Crippen LogP contribution in [0.2, 0.25) is 10.0 Å². The van der Waals surface area contributed by atoms with Crippen molar-refractivity contribution in [3.05, 3.63) is 57.1 Å². The Morgan fingerprint density at radius 1 is 1.04 bits per heavy atom. The maximum Gasteiger partial charge on any atom is 0.245 e. The molecule has 2 aromatic rings. The molecule has 0 fully saturated rings. The molecule has 1 amide bonds. The number of hydrogen-bond acceptors (Lipinski definition) is 3. The molecule has 0 aliphatic carbocycles. The molecule has 0 spiro atoms. The van der Waals surface area contributed by atoms with Crippen LogP contribution >= 0.6 is 23.2 Å². The van der Waals surface area contributed by atoms with Crippen LogP contribution in [0.15, 0.2) is 30.3 Å². The van der Waals surface area contributed by atoms with Crippen LogP contribution in [0.25, 0.3) is 0 Å². The van der Waals surface area contributed by atoms with E-state index in [1.54, 1.807) is 12.1 Å². The van der Waals surface area contributed by atoms with E-state index in [1.165, 1.54) is 6.07 Å². The largest absolute Gasteiger partial charge is 0.324 e. The summed E-state index contributed by atoms with van der Waals surface area (Å²) in [6, 6.07) is 8.44. The molecule has 0 aliphatic heterocycles. The van der Waals surface area contributed by atoms with Crippen molar-refractivity contribution in [1.29, 1.82) is 0 Å². The van der Waals surface area contributed by atoms with Crippen LogP contribution in [0.3, 0.4) is 0 Å². The lowest BCUT2D eigenvalue weighted by atomic mass is 10.1. The minimum absolute atomic E-state index is 0.301. The molecule has 0 aliphatic rings. The van der Waals surface area contributed by atoms with Gasteiger partial charge in [0.15, 0.2) is 0 Å². The first-order chi connectivity index (χ1) is 12.0. The number of benzene rings is 2. The Morgan fingerprint density at radius 3 is 2.12 bits per heavy atom. The van der Waals surface area contributed by atoms with Gasteiger partial charge in [-0.15, -0.1) is 0 Å². The molecule has 8 heteroatoms. The zero-order chi connectivity index (χ0) is 19.6. The van der Waals surface area contributed by atoms with Crippen molar-refractivity contribution in [2.24, 2.45) is 0 Å². The number of carbonyl (C=O) groups is 1. The Bertz CT molecular complexity index is 936. The molecule has 0 saturated heterocycles. The first kappa shape index (κ1) is 20.6. The molecule has 0 heterocycles. The van der Waals surface area contributed by atoms with Crippen LogP contribution in [0.4, 0.5) is 11.4 Å². The van der Waals surface area contributed by atoms with E-state index in [9.17, 15) is 13.2 Å². The second-order valence-corrected chi connectivity index (χ2v) is 8.92. The minimum atomic E-state index is -3.65. The van der Waals surface area contributed by atoms with E-state index in [4.69, 9.17) is 23.2 Å². The maximum absolute atomic E-state index is 12.4. The number of anilines is 2. The van der Waals surface area contributed by atoms with Crippen LogP contribution in [-0.2, 0) is 14.8 Å². The number of amides is 1. The molecular weight excluding hydrogens is 395 g/mol. The summed E-state index contributed by atoms with van der Waals surface area (Å²) in [6.45, 7) is 5.24. The normalized spacial score (nSPS) is 11.3. The summed E-state index contributed by atoms with van der Waals surface area (Å²) in [7, 11) is -3.65. The lowest BCUT2D eigenvalue weighted by molar-refractivity contribution is -0.114. The molecule has 0 unspecified atom stereocenters. The second-order valence-electron chi connectivity index (χ2n) is 6.19. The van der Waals surface area contributed by atoms with Gasteiger partial charge in [0.1, 0.15) is 6.54 Å². The third-order valence-electron chi connectivity index (χ3n) is 3.78. The van der Waals surface area contributed by atoms with Crippen molar-refractivity contribution in [2.45, 2.75) is 20.8 Å². The van der Waals surface area contributed by atoms with Crippen LogP contribution < -0.4 is 9.62 Å². The highest BCUT2D eigenvalue weighted by molar-refractivity contribution is 7.92. The summed E-state index contributed by atoms with van der Waals surface area (Å²) >= 11 is 11.8. The maximum atomic E-state index is 12.4. The standard InChI is InChI=1S/C18H20Cl2N2O3S/c1-11-7-12(2)18(13(3)8-11)22(26(4,24)25)10-17(23)21-14-5-6-15(19)16(20)9-14/h5-9H,10H2,1-4H3,(H,21,23). The summed E-state index contributed by atoms with van der Waals surface area (Å²) in [4.78, 5) is 12.4. The zero-order valence-corrected chi connectivity index (χ0v) is 17.3. The quantitative estimate of drug-likeness (QED) is 0.791. The molecule has 26 heavy (non-hydrogen) atoms. The summed E-state index contributed by atoms with van der Waals surface area (Å²) < 4.78 is 25.7. The molecule has 0 bridgehead atoms. The van der Waals surface area contributed by atoms with Crippen LogP contribution in [0.5, 0.6) is 0 Å². The Balaban J connectivity index is 2.32. The summed E-state index contributed by atoms with van der Waals surface area (Å²) in [5, 5.41) is 3.31. The van der Waals surface area contributed by atoms with Crippen molar-refractivity contribution in [3.8, 4) is 0 Å². The van der Waals surface area contributed by atoms with E-state index in [0.29, 0.717) is 21.4 Å². The average molecular weight is 415 g/mol. The van der Waals surface area contributed by atoms with Crippen LogP contribution in [0, 0.1) is 20.8 Å². The molecule has 2 aromatic carbocycles. The number of carbonyl (C=O) groups excluding carboxylic acids is 1. The fourth-order valence-corrected chi connectivity index (χ4v) is 4.10. The lowest BCUT2D eigenvalue weighted by Gasteiger charge is -2.26. The van der Waals surface area contributed by atoms with Crippen molar-refractivity contribution in [1.82, 2.24) is 0 Å². The number of nitrogens with one attached hydrogen (secondary N) is 1.